The van der Waals surface area contributed by atoms with E-state index in [4.69, 9.17) is 9.05 Å². The molecule has 3 fully saturated rings. The van der Waals surface area contributed by atoms with E-state index >= 15 is 0 Å². The third-order valence-electron chi connectivity index (χ3n) is 10.8. The van der Waals surface area contributed by atoms with Crippen LogP contribution in [0.15, 0.2) is 121 Å². The van der Waals surface area contributed by atoms with Crippen LogP contribution in [0.3, 0.4) is 0 Å². The maximum absolute atomic E-state index is 6.75. The molecule has 0 heterocycles. The second-order valence-corrected chi connectivity index (χ2v) is 12.8. The van der Waals surface area contributed by atoms with Crippen LogP contribution in [0, 0.1) is 35.5 Å². The minimum absolute atomic E-state index is 0.415. The summed E-state index contributed by atoms with van der Waals surface area (Å²) in [6.07, 6.45) is 5.01. The molecular formula is C36H40O2P2+2. The molecule has 3 aliphatic rings. The molecule has 0 amide bonds. The highest BCUT2D eigenvalue weighted by atomic mass is 31.0. The quantitative estimate of drug-likeness (QED) is 0.200. The van der Waals surface area contributed by atoms with Crippen molar-refractivity contribution in [1.29, 1.82) is 0 Å². The van der Waals surface area contributed by atoms with Gasteiger partial charge in [-0.05, 0) is 71.6 Å². The lowest BCUT2D eigenvalue weighted by Crippen LogP contribution is -2.43. The van der Waals surface area contributed by atoms with Gasteiger partial charge in [-0.2, -0.15) is 0 Å². The highest BCUT2D eigenvalue weighted by Crippen LogP contribution is 2.69. The standard InChI is InChI=1S/C36H40O2P2/c39-37-35(26-13-5-1-6-14-26,27-15-7-2-8-16-27)30-23-31-25-21-33(32(31)24-30)34(22-25)36(38-40,28-17-9-3-10-18-28)29-19-11-4-12-20-29/h1-20,25,30-34H,21-24H2,39-40H3/q+2/t25-,30-,31-,32-,33+,34-/m0/s1. The molecule has 2 bridgehead atoms. The lowest BCUT2D eigenvalue weighted by molar-refractivity contribution is 0.00612. The van der Waals surface area contributed by atoms with Crippen molar-refractivity contribution >= 4 is 18.9 Å². The van der Waals surface area contributed by atoms with Gasteiger partial charge in [0.05, 0.1) is 0 Å². The Kier molecular flexibility index (Phi) is 7.18. The highest BCUT2D eigenvalue weighted by Gasteiger charge is 2.64. The topological polar surface area (TPSA) is 18.5 Å². The molecule has 0 radical (unpaired) electrons. The molecule has 4 aromatic rings. The van der Waals surface area contributed by atoms with Crippen LogP contribution < -0.4 is 0 Å². The molecule has 0 N–H and O–H groups in total. The Bertz CT molecular complexity index is 1330. The number of hydrogen-bond donors (Lipinski definition) is 0. The van der Waals surface area contributed by atoms with Gasteiger partial charge in [0.1, 0.15) is 18.9 Å². The minimum Gasteiger partial charge on any atom is -0.230 e. The van der Waals surface area contributed by atoms with Crippen molar-refractivity contribution in [3.8, 4) is 0 Å². The predicted molar refractivity (Wildman–Crippen MR) is 171 cm³/mol. The van der Waals surface area contributed by atoms with E-state index in [1.54, 1.807) is 18.9 Å². The summed E-state index contributed by atoms with van der Waals surface area (Å²) in [4.78, 5) is 0. The third kappa shape index (κ3) is 3.99. The predicted octanol–water partition coefficient (Wildman–Crippen LogP) is 8.25. The average Bonchev–Trinajstić information content (AvgIpc) is 3.75. The van der Waals surface area contributed by atoms with Gasteiger partial charge < -0.3 is 0 Å². The largest absolute Gasteiger partial charge is 0.230 e. The fourth-order valence-electron chi connectivity index (χ4n) is 9.40. The first-order valence-electron chi connectivity index (χ1n) is 14.8. The second kappa shape index (κ2) is 10.8. The number of hydrogen-bond acceptors (Lipinski definition) is 2. The van der Waals surface area contributed by atoms with Crippen molar-refractivity contribution in [2.24, 2.45) is 35.5 Å². The molecule has 0 aliphatic heterocycles. The van der Waals surface area contributed by atoms with Gasteiger partial charge in [-0.3, -0.25) is 0 Å². The number of benzene rings is 4. The van der Waals surface area contributed by atoms with Crippen molar-refractivity contribution in [2.45, 2.75) is 36.9 Å². The summed E-state index contributed by atoms with van der Waals surface area (Å²) in [5.41, 5.74) is 4.32. The van der Waals surface area contributed by atoms with Gasteiger partial charge in [-0.1, -0.05) is 121 Å². The van der Waals surface area contributed by atoms with E-state index in [9.17, 15) is 0 Å². The molecule has 40 heavy (non-hydrogen) atoms. The summed E-state index contributed by atoms with van der Waals surface area (Å²) in [5, 5.41) is 0. The van der Waals surface area contributed by atoms with Crippen LogP contribution in [0.2, 0.25) is 0 Å². The molecule has 204 valence electrons. The zero-order valence-corrected chi connectivity index (χ0v) is 25.9. The summed E-state index contributed by atoms with van der Waals surface area (Å²) < 4.78 is 13.5. The van der Waals surface area contributed by atoms with E-state index in [0.717, 1.165) is 11.8 Å². The van der Waals surface area contributed by atoms with Gasteiger partial charge in [0.25, 0.3) is 0 Å². The highest BCUT2D eigenvalue weighted by molar-refractivity contribution is 7.10. The Labute approximate surface area is 243 Å². The average molecular weight is 567 g/mol. The first-order chi connectivity index (χ1) is 19.7. The number of rotatable bonds is 8. The van der Waals surface area contributed by atoms with Crippen LogP contribution in [0.5, 0.6) is 0 Å². The van der Waals surface area contributed by atoms with Crippen LogP contribution in [0.4, 0.5) is 0 Å². The number of fused-ring (bicyclic) bond motifs is 5. The van der Waals surface area contributed by atoms with Crippen molar-refractivity contribution in [3.63, 3.8) is 0 Å². The SMILES string of the molecule is [PH3+]OC(c1ccccc1)(c1ccccc1)[C@@H]1C[C@@H]2[C@H]3C[C@@H](C[C@@H]3C(O[PH3+])(c3ccccc3)c3ccccc3)[C@@H]2C1. The Morgan fingerprint density at radius 3 is 1.27 bits per heavy atom. The van der Waals surface area contributed by atoms with E-state index in [-0.39, 0.29) is 0 Å². The summed E-state index contributed by atoms with van der Waals surface area (Å²) in [6, 6.07) is 44.0. The third-order valence-corrected chi connectivity index (χ3v) is 11.7. The van der Waals surface area contributed by atoms with E-state index in [2.05, 4.69) is 121 Å². The summed E-state index contributed by atoms with van der Waals surface area (Å²) in [5.74, 6) is 3.77. The molecule has 3 aliphatic carbocycles. The molecule has 8 atom stereocenters. The Balaban J connectivity index is 1.28. The van der Waals surface area contributed by atoms with Gasteiger partial charge >= 0.3 is 0 Å². The Morgan fingerprint density at radius 1 is 0.450 bits per heavy atom. The van der Waals surface area contributed by atoms with Crippen LogP contribution in [0.25, 0.3) is 0 Å². The molecule has 0 spiro atoms. The first-order valence-corrected chi connectivity index (χ1v) is 16.0. The van der Waals surface area contributed by atoms with Crippen LogP contribution in [-0.2, 0) is 20.2 Å². The fourth-order valence-corrected chi connectivity index (χ4v) is 10.5. The van der Waals surface area contributed by atoms with Crippen molar-refractivity contribution in [3.05, 3.63) is 144 Å². The monoisotopic (exact) mass is 566 g/mol. The molecule has 4 aromatic carbocycles. The van der Waals surface area contributed by atoms with Crippen molar-refractivity contribution < 1.29 is 9.05 Å². The molecule has 2 unspecified atom stereocenters. The van der Waals surface area contributed by atoms with Gasteiger partial charge in [-0.15, -0.1) is 0 Å². The maximum Gasteiger partial charge on any atom is 0.164 e. The molecule has 0 aromatic heterocycles. The van der Waals surface area contributed by atoms with Crippen LogP contribution in [0.1, 0.15) is 47.9 Å². The molecule has 3 saturated carbocycles. The summed E-state index contributed by atoms with van der Waals surface area (Å²) in [6.45, 7) is 0. The van der Waals surface area contributed by atoms with Crippen LogP contribution >= 0.6 is 18.9 Å². The van der Waals surface area contributed by atoms with E-state index in [1.165, 1.54) is 47.9 Å². The molecule has 0 saturated heterocycles. The normalized spacial score (nSPS) is 27.7. The Morgan fingerprint density at radius 2 is 0.850 bits per heavy atom. The van der Waals surface area contributed by atoms with Gasteiger partial charge in [-0.25, -0.2) is 9.05 Å². The lowest BCUT2D eigenvalue weighted by Gasteiger charge is -2.43. The van der Waals surface area contributed by atoms with E-state index in [0.29, 0.717) is 23.7 Å². The summed E-state index contributed by atoms with van der Waals surface area (Å²) in [7, 11) is 3.37. The second-order valence-electron chi connectivity index (χ2n) is 12.2. The van der Waals surface area contributed by atoms with E-state index < -0.39 is 11.2 Å². The Hall–Kier alpha value is -2.34. The molecule has 7 rings (SSSR count). The molecule has 4 heteroatoms. The smallest absolute Gasteiger partial charge is 0.164 e. The van der Waals surface area contributed by atoms with Crippen molar-refractivity contribution in [2.75, 3.05) is 0 Å². The summed E-state index contributed by atoms with van der Waals surface area (Å²) >= 11 is 0. The maximum atomic E-state index is 6.75. The molecular weight excluding hydrogens is 526 g/mol. The van der Waals surface area contributed by atoms with E-state index in [1.807, 2.05) is 0 Å². The molecule has 2 nitrogen and oxygen atoms in total. The van der Waals surface area contributed by atoms with Crippen LogP contribution in [-0.4, -0.2) is 0 Å². The minimum atomic E-state index is -0.418. The van der Waals surface area contributed by atoms with Gasteiger partial charge in [0.15, 0.2) is 11.2 Å². The van der Waals surface area contributed by atoms with Gasteiger partial charge in [0, 0.05) is 11.8 Å². The fraction of sp³-hybridized carbons (Fsp3) is 0.333. The lowest BCUT2D eigenvalue weighted by atomic mass is 9.64. The zero-order valence-electron chi connectivity index (χ0n) is 23.1. The first kappa shape index (κ1) is 26.6. The van der Waals surface area contributed by atoms with Gasteiger partial charge in [0.2, 0.25) is 0 Å². The zero-order chi connectivity index (χ0) is 27.2. The van der Waals surface area contributed by atoms with Crippen molar-refractivity contribution in [1.82, 2.24) is 0 Å².